The van der Waals surface area contributed by atoms with Gasteiger partial charge in [0.1, 0.15) is 16.5 Å². The summed E-state index contributed by atoms with van der Waals surface area (Å²) in [6, 6.07) is 13.6. The number of ether oxygens (including phenoxy) is 1. The van der Waals surface area contributed by atoms with Crippen LogP contribution in [0, 0.1) is 5.82 Å². The van der Waals surface area contributed by atoms with Gasteiger partial charge in [0.15, 0.2) is 0 Å². The third-order valence-corrected chi connectivity index (χ3v) is 7.03. The molecule has 2 aromatic carbocycles. The molecule has 0 spiro atoms. The minimum absolute atomic E-state index is 0.103. The molecule has 10 heteroatoms. The molecule has 0 unspecified atom stereocenters. The summed E-state index contributed by atoms with van der Waals surface area (Å²) in [5, 5.41) is 0.203. The van der Waals surface area contributed by atoms with E-state index in [2.05, 4.69) is 9.97 Å². The largest absolute Gasteiger partial charge is 0.439 e. The van der Waals surface area contributed by atoms with E-state index in [1.54, 1.807) is 30.5 Å². The van der Waals surface area contributed by atoms with Crippen LogP contribution in [-0.4, -0.2) is 48.9 Å². The molecule has 30 heavy (non-hydrogen) atoms. The van der Waals surface area contributed by atoms with Crippen LogP contribution >= 0.6 is 11.6 Å². The van der Waals surface area contributed by atoms with Crippen molar-refractivity contribution in [1.82, 2.24) is 14.3 Å². The van der Waals surface area contributed by atoms with Crippen molar-refractivity contribution in [2.24, 2.45) is 0 Å². The molecule has 4 rings (SSSR count). The van der Waals surface area contributed by atoms with E-state index in [1.165, 1.54) is 34.6 Å². The Kier molecular flexibility index (Phi) is 5.85. The fourth-order valence-corrected chi connectivity index (χ4v) is 5.00. The van der Waals surface area contributed by atoms with Crippen molar-refractivity contribution in [3.05, 3.63) is 71.6 Å². The molecule has 3 aromatic rings. The number of nitrogens with zero attached hydrogens (tertiary/aromatic N) is 4. The Labute approximate surface area is 178 Å². The van der Waals surface area contributed by atoms with Crippen LogP contribution in [0.25, 0.3) is 0 Å². The molecule has 1 saturated heterocycles. The van der Waals surface area contributed by atoms with Crippen molar-refractivity contribution in [2.45, 2.75) is 4.90 Å². The van der Waals surface area contributed by atoms with Gasteiger partial charge in [0.25, 0.3) is 0 Å². The van der Waals surface area contributed by atoms with Crippen molar-refractivity contribution < 1.29 is 17.5 Å². The van der Waals surface area contributed by atoms with Crippen LogP contribution in [0.15, 0.2) is 65.7 Å². The van der Waals surface area contributed by atoms with Gasteiger partial charge < -0.3 is 9.64 Å². The molecule has 0 N–H and O–H groups in total. The molecule has 156 valence electrons. The number of halogens is 2. The minimum Gasteiger partial charge on any atom is -0.439 e. The molecule has 7 nitrogen and oxygen atoms in total. The standard InChI is InChI=1S/C20H18ClFN4O3S/c21-17-3-1-2-4-18(17)30(27,28)26-13-11-25(12-14-26)20-23-10-9-19(24-20)29-16-7-5-15(22)6-8-16/h1-10H,11-14H2. The molecule has 1 aromatic heterocycles. The van der Waals surface area contributed by atoms with Gasteiger partial charge in [-0.3, -0.25) is 0 Å². The van der Waals surface area contributed by atoms with E-state index in [4.69, 9.17) is 16.3 Å². The molecule has 0 saturated carbocycles. The average molecular weight is 449 g/mol. The zero-order valence-corrected chi connectivity index (χ0v) is 17.4. The molecule has 0 amide bonds. The van der Waals surface area contributed by atoms with Crippen LogP contribution in [0.1, 0.15) is 0 Å². The lowest BCUT2D eigenvalue weighted by atomic mass is 10.3. The van der Waals surface area contributed by atoms with Crippen molar-refractivity contribution in [1.29, 1.82) is 0 Å². The smallest absolute Gasteiger partial charge is 0.244 e. The number of anilines is 1. The van der Waals surface area contributed by atoms with Gasteiger partial charge in [0.05, 0.1) is 5.02 Å². The average Bonchev–Trinajstić information content (AvgIpc) is 2.76. The number of piperazine rings is 1. The van der Waals surface area contributed by atoms with Gasteiger partial charge in [0.2, 0.25) is 21.9 Å². The van der Waals surface area contributed by atoms with Crippen molar-refractivity contribution >= 4 is 27.6 Å². The SMILES string of the molecule is O=S(=O)(c1ccccc1Cl)N1CCN(c2nccc(Oc3ccc(F)cc3)n2)CC1. The fourth-order valence-electron chi connectivity index (χ4n) is 3.09. The molecule has 1 fully saturated rings. The second-order valence-electron chi connectivity index (χ2n) is 6.57. The number of sulfonamides is 1. The number of hydrogen-bond acceptors (Lipinski definition) is 6. The summed E-state index contributed by atoms with van der Waals surface area (Å²) < 4.78 is 45.8. The lowest BCUT2D eigenvalue weighted by Gasteiger charge is -2.34. The molecular weight excluding hydrogens is 431 g/mol. The fraction of sp³-hybridized carbons (Fsp3) is 0.200. The first-order valence-corrected chi connectivity index (χ1v) is 11.0. The quantitative estimate of drug-likeness (QED) is 0.594. The monoisotopic (exact) mass is 448 g/mol. The minimum atomic E-state index is -3.67. The Hall–Kier alpha value is -2.75. The summed E-state index contributed by atoms with van der Waals surface area (Å²) in [5.41, 5.74) is 0. The highest BCUT2D eigenvalue weighted by molar-refractivity contribution is 7.89. The summed E-state index contributed by atoms with van der Waals surface area (Å²) >= 11 is 6.07. The van der Waals surface area contributed by atoms with E-state index in [1.807, 2.05) is 4.90 Å². The van der Waals surface area contributed by atoms with Crippen LogP contribution in [0.2, 0.25) is 5.02 Å². The van der Waals surface area contributed by atoms with Crippen LogP contribution in [0.5, 0.6) is 11.6 Å². The zero-order chi connectivity index (χ0) is 21.1. The number of benzene rings is 2. The Balaban J connectivity index is 1.44. The summed E-state index contributed by atoms with van der Waals surface area (Å²) in [7, 11) is -3.67. The van der Waals surface area contributed by atoms with Gasteiger partial charge in [-0.1, -0.05) is 23.7 Å². The summed E-state index contributed by atoms with van der Waals surface area (Å²) in [4.78, 5) is 10.6. The van der Waals surface area contributed by atoms with Gasteiger partial charge in [-0.15, -0.1) is 0 Å². The highest BCUT2D eigenvalue weighted by Crippen LogP contribution is 2.26. The summed E-state index contributed by atoms with van der Waals surface area (Å²) in [6.07, 6.45) is 1.56. The molecule has 0 bridgehead atoms. The van der Waals surface area contributed by atoms with E-state index in [-0.39, 0.29) is 28.8 Å². The Morgan fingerprint density at radius 3 is 2.37 bits per heavy atom. The van der Waals surface area contributed by atoms with Gasteiger partial charge in [-0.05, 0) is 36.4 Å². The van der Waals surface area contributed by atoms with Crippen LogP contribution < -0.4 is 9.64 Å². The first-order chi connectivity index (χ1) is 14.4. The van der Waals surface area contributed by atoms with Crippen molar-refractivity contribution in [3.63, 3.8) is 0 Å². The van der Waals surface area contributed by atoms with E-state index in [0.29, 0.717) is 30.7 Å². The predicted octanol–water partition coefficient (Wildman–Crippen LogP) is 3.57. The van der Waals surface area contributed by atoms with E-state index in [9.17, 15) is 12.8 Å². The van der Waals surface area contributed by atoms with Crippen molar-refractivity contribution in [2.75, 3.05) is 31.1 Å². The molecule has 0 aliphatic carbocycles. The molecular formula is C20H18ClFN4O3S. The second kappa shape index (κ2) is 8.55. The maximum absolute atomic E-state index is 13.0. The Morgan fingerprint density at radius 2 is 1.67 bits per heavy atom. The van der Waals surface area contributed by atoms with Gasteiger partial charge >= 0.3 is 0 Å². The molecule has 0 atom stereocenters. The first kappa shape index (κ1) is 20.5. The van der Waals surface area contributed by atoms with Gasteiger partial charge in [-0.2, -0.15) is 9.29 Å². The number of rotatable bonds is 5. The Morgan fingerprint density at radius 1 is 0.967 bits per heavy atom. The number of hydrogen-bond donors (Lipinski definition) is 0. The molecule has 2 heterocycles. The maximum atomic E-state index is 13.0. The summed E-state index contributed by atoms with van der Waals surface area (Å²) in [6.45, 7) is 1.40. The van der Waals surface area contributed by atoms with E-state index < -0.39 is 10.0 Å². The first-order valence-electron chi connectivity index (χ1n) is 9.19. The lowest BCUT2D eigenvalue weighted by molar-refractivity contribution is 0.381. The third-order valence-electron chi connectivity index (χ3n) is 4.63. The van der Waals surface area contributed by atoms with E-state index in [0.717, 1.165) is 0 Å². The van der Waals surface area contributed by atoms with Crippen molar-refractivity contribution in [3.8, 4) is 11.6 Å². The van der Waals surface area contributed by atoms with E-state index >= 15 is 0 Å². The molecule has 0 radical (unpaired) electrons. The van der Waals surface area contributed by atoms with Crippen LogP contribution in [0.4, 0.5) is 10.3 Å². The Bertz CT molecular complexity index is 1140. The van der Waals surface area contributed by atoms with Crippen LogP contribution in [0.3, 0.4) is 0 Å². The lowest BCUT2D eigenvalue weighted by Crippen LogP contribution is -2.49. The van der Waals surface area contributed by atoms with Gasteiger partial charge in [0, 0.05) is 38.4 Å². The normalized spacial score (nSPS) is 15.2. The predicted molar refractivity (Wildman–Crippen MR) is 111 cm³/mol. The highest BCUT2D eigenvalue weighted by atomic mass is 35.5. The third kappa shape index (κ3) is 4.38. The van der Waals surface area contributed by atoms with Gasteiger partial charge in [-0.25, -0.2) is 17.8 Å². The molecule has 1 aliphatic rings. The maximum Gasteiger partial charge on any atom is 0.244 e. The topological polar surface area (TPSA) is 75.6 Å². The van der Waals surface area contributed by atoms with Crippen LogP contribution in [-0.2, 0) is 10.0 Å². The molecule has 1 aliphatic heterocycles. The zero-order valence-electron chi connectivity index (χ0n) is 15.8. The highest BCUT2D eigenvalue weighted by Gasteiger charge is 2.30. The second-order valence-corrected chi connectivity index (χ2v) is 8.89. The summed E-state index contributed by atoms with van der Waals surface area (Å²) in [5.74, 6) is 0.856. The number of aromatic nitrogens is 2.